The molecule has 0 aliphatic carbocycles. The lowest BCUT2D eigenvalue weighted by Crippen LogP contribution is -2.21. The molecule has 3 aromatic rings. The highest BCUT2D eigenvalue weighted by Crippen LogP contribution is 2.21. The van der Waals surface area contributed by atoms with Crippen molar-refractivity contribution in [1.29, 1.82) is 0 Å². The van der Waals surface area contributed by atoms with Crippen LogP contribution in [-0.4, -0.2) is 38.6 Å². The third-order valence-electron chi connectivity index (χ3n) is 3.10. The summed E-state index contributed by atoms with van der Waals surface area (Å²) in [5, 5.41) is 0.798. The summed E-state index contributed by atoms with van der Waals surface area (Å²) in [6, 6.07) is 3.15. The molecule has 0 radical (unpaired) electrons. The first-order valence-electron chi connectivity index (χ1n) is 6.82. The smallest absolute Gasteiger partial charge is 0.343 e. The molecule has 0 aliphatic rings. The van der Waals surface area contributed by atoms with E-state index in [1.165, 1.54) is 30.0 Å². The van der Waals surface area contributed by atoms with Gasteiger partial charge in [0.25, 0.3) is 0 Å². The van der Waals surface area contributed by atoms with Crippen LogP contribution in [0, 0.1) is 0 Å². The zero-order valence-electron chi connectivity index (χ0n) is 12.6. The number of hydrogen-bond acceptors (Lipinski definition) is 8. The summed E-state index contributed by atoms with van der Waals surface area (Å²) in [5.74, 6) is -0.718. The lowest BCUT2D eigenvalue weighted by Gasteiger charge is -2.09. The quantitative estimate of drug-likeness (QED) is 0.515. The molecule has 3 aromatic heterocycles. The topological polar surface area (TPSA) is 96.2 Å². The van der Waals surface area contributed by atoms with E-state index in [1.807, 2.05) is 0 Å². The summed E-state index contributed by atoms with van der Waals surface area (Å²) in [6.07, 6.45) is 1.33. The second-order valence-corrected chi connectivity index (χ2v) is 5.65. The van der Waals surface area contributed by atoms with Gasteiger partial charge in [-0.15, -0.1) is 4.37 Å². The Balaban J connectivity index is 2.33. The van der Waals surface area contributed by atoms with Crippen molar-refractivity contribution in [2.24, 2.45) is 0 Å². The fourth-order valence-electron chi connectivity index (χ4n) is 2.06. The molecule has 0 N–H and O–H groups in total. The Morgan fingerprint density at radius 3 is 2.83 bits per heavy atom. The first kappa shape index (κ1) is 16.3. The maximum absolute atomic E-state index is 12.5. The minimum Gasteiger partial charge on any atom is -0.466 e. The van der Waals surface area contributed by atoms with Crippen LogP contribution in [0.25, 0.3) is 16.2 Å². The lowest BCUT2D eigenvalue weighted by molar-refractivity contribution is 0.0524. The number of ether oxygens (including phenoxy) is 2. The number of fused-ring (bicyclic) bond motifs is 1. The number of carbonyl (C=O) groups is 1. The summed E-state index contributed by atoms with van der Waals surface area (Å²) in [4.78, 5) is 33.0. The first-order chi connectivity index (χ1) is 11.5. The average Bonchev–Trinajstić information content (AvgIpc) is 3.04. The molecule has 10 heteroatoms. The van der Waals surface area contributed by atoms with E-state index in [9.17, 15) is 9.59 Å². The van der Waals surface area contributed by atoms with Crippen molar-refractivity contribution >= 4 is 40.1 Å². The SMILES string of the molecule is CCOC(=O)c1cn(-c2nc(OC)ns2)c2nc(Cl)ccc2c1=O. The molecule has 0 aromatic carbocycles. The number of aromatic nitrogens is 4. The standard InChI is InChI=1S/C14H11ClN4O4S/c1-3-23-12(21)8-6-19(14-17-13(22-2)18-24-14)11-7(10(8)20)4-5-9(15)16-11/h4-6H,3H2,1-2H3. The summed E-state index contributed by atoms with van der Waals surface area (Å²) >= 11 is 6.97. The minimum absolute atomic E-state index is 0.123. The summed E-state index contributed by atoms with van der Waals surface area (Å²) in [6.45, 7) is 1.82. The zero-order chi connectivity index (χ0) is 17.3. The molecule has 0 unspecified atom stereocenters. The highest BCUT2D eigenvalue weighted by Gasteiger charge is 2.20. The molecule has 0 fully saturated rings. The number of nitrogens with zero attached hydrogens (tertiary/aromatic N) is 4. The van der Waals surface area contributed by atoms with E-state index in [0.717, 1.165) is 11.5 Å². The number of rotatable bonds is 4. The van der Waals surface area contributed by atoms with E-state index in [4.69, 9.17) is 21.1 Å². The van der Waals surface area contributed by atoms with E-state index in [1.54, 1.807) is 6.92 Å². The molecule has 0 saturated heterocycles. The Hall–Kier alpha value is -2.52. The fourth-order valence-corrected chi connectivity index (χ4v) is 2.83. The third kappa shape index (κ3) is 2.83. The van der Waals surface area contributed by atoms with Gasteiger partial charge in [-0.05, 0) is 19.1 Å². The Kier molecular flexibility index (Phi) is 4.45. The van der Waals surface area contributed by atoms with Crippen LogP contribution in [0.2, 0.25) is 5.15 Å². The average molecular weight is 367 g/mol. The van der Waals surface area contributed by atoms with Gasteiger partial charge in [0, 0.05) is 17.7 Å². The lowest BCUT2D eigenvalue weighted by atomic mass is 10.2. The van der Waals surface area contributed by atoms with Crippen molar-refractivity contribution in [3.05, 3.63) is 39.3 Å². The molecule has 0 atom stereocenters. The van der Waals surface area contributed by atoms with Crippen LogP contribution in [0.1, 0.15) is 17.3 Å². The normalized spacial score (nSPS) is 10.8. The highest BCUT2D eigenvalue weighted by atomic mass is 35.5. The Labute approximate surface area is 144 Å². The van der Waals surface area contributed by atoms with Crippen molar-refractivity contribution in [1.82, 2.24) is 18.9 Å². The molecule has 0 saturated carbocycles. The van der Waals surface area contributed by atoms with Crippen LogP contribution >= 0.6 is 23.1 Å². The van der Waals surface area contributed by atoms with Gasteiger partial charge in [0.1, 0.15) is 10.7 Å². The number of carbonyl (C=O) groups excluding carboxylic acids is 1. The van der Waals surface area contributed by atoms with E-state index >= 15 is 0 Å². The van der Waals surface area contributed by atoms with E-state index in [-0.39, 0.29) is 34.4 Å². The molecule has 0 spiro atoms. The predicted octanol–water partition coefficient (Wildman–Crippen LogP) is 2.08. The third-order valence-corrected chi connectivity index (χ3v) is 4.01. The predicted molar refractivity (Wildman–Crippen MR) is 88.3 cm³/mol. The van der Waals surface area contributed by atoms with Gasteiger partial charge in [0.05, 0.1) is 19.1 Å². The van der Waals surface area contributed by atoms with Gasteiger partial charge in [0.2, 0.25) is 10.6 Å². The molecule has 3 rings (SSSR count). The molecule has 0 aliphatic heterocycles. The van der Waals surface area contributed by atoms with Gasteiger partial charge < -0.3 is 9.47 Å². The van der Waals surface area contributed by atoms with Crippen molar-refractivity contribution in [2.45, 2.75) is 6.92 Å². The van der Waals surface area contributed by atoms with Gasteiger partial charge in [-0.25, -0.2) is 9.78 Å². The van der Waals surface area contributed by atoms with Crippen molar-refractivity contribution < 1.29 is 14.3 Å². The maximum Gasteiger partial charge on any atom is 0.343 e. The Morgan fingerprint density at radius 1 is 1.38 bits per heavy atom. The van der Waals surface area contributed by atoms with Crippen LogP contribution in [0.15, 0.2) is 23.1 Å². The highest BCUT2D eigenvalue weighted by molar-refractivity contribution is 7.08. The molecule has 0 amide bonds. The van der Waals surface area contributed by atoms with Gasteiger partial charge in [-0.2, -0.15) is 4.98 Å². The number of pyridine rings is 2. The fraction of sp³-hybridized carbons (Fsp3) is 0.214. The number of hydrogen-bond donors (Lipinski definition) is 0. The van der Waals surface area contributed by atoms with Crippen LogP contribution in [0.4, 0.5) is 0 Å². The summed E-state index contributed by atoms with van der Waals surface area (Å²) < 4.78 is 15.4. The van der Waals surface area contributed by atoms with E-state index in [0.29, 0.717) is 5.13 Å². The molecule has 0 bridgehead atoms. The van der Waals surface area contributed by atoms with Crippen LogP contribution in [-0.2, 0) is 4.74 Å². The van der Waals surface area contributed by atoms with E-state index < -0.39 is 11.4 Å². The van der Waals surface area contributed by atoms with E-state index in [2.05, 4.69) is 14.3 Å². The summed E-state index contributed by atoms with van der Waals surface area (Å²) in [7, 11) is 1.44. The van der Waals surface area contributed by atoms with Gasteiger partial charge in [0.15, 0.2) is 5.65 Å². The molecular formula is C14H11ClN4O4S. The Bertz CT molecular complexity index is 985. The monoisotopic (exact) mass is 366 g/mol. The van der Waals surface area contributed by atoms with Crippen LogP contribution in [0.3, 0.4) is 0 Å². The number of methoxy groups -OCH3 is 1. The van der Waals surface area contributed by atoms with Gasteiger partial charge in [-0.1, -0.05) is 11.6 Å². The number of halogens is 1. The molecule has 124 valence electrons. The largest absolute Gasteiger partial charge is 0.466 e. The van der Waals surface area contributed by atoms with Crippen LogP contribution in [0.5, 0.6) is 6.01 Å². The second-order valence-electron chi connectivity index (χ2n) is 4.53. The molecular weight excluding hydrogens is 356 g/mol. The summed E-state index contributed by atoms with van der Waals surface area (Å²) in [5.41, 5.74) is -0.345. The Morgan fingerprint density at radius 2 is 2.17 bits per heavy atom. The van der Waals surface area contributed by atoms with Crippen molar-refractivity contribution in [2.75, 3.05) is 13.7 Å². The molecule has 24 heavy (non-hydrogen) atoms. The maximum atomic E-state index is 12.5. The number of esters is 1. The van der Waals surface area contributed by atoms with Crippen molar-refractivity contribution in [3.63, 3.8) is 0 Å². The first-order valence-corrected chi connectivity index (χ1v) is 7.97. The zero-order valence-corrected chi connectivity index (χ0v) is 14.2. The van der Waals surface area contributed by atoms with Gasteiger partial charge in [-0.3, -0.25) is 9.36 Å². The molecule has 3 heterocycles. The minimum atomic E-state index is -0.718. The second kappa shape index (κ2) is 6.54. The molecule has 8 nitrogen and oxygen atoms in total. The van der Waals surface area contributed by atoms with Crippen LogP contribution < -0.4 is 10.2 Å². The van der Waals surface area contributed by atoms with Gasteiger partial charge >= 0.3 is 12.0 Å². The van der Waals surface area contributed by atoms with Crippen molar-refractivity contribution in [3.8, 4) is 11.1 Å².